The van der Waals surface area contributed by atoms with E-state index in [1.165, 1.54) is 0 Å². The molecule has 7 nitrogen and oxygen atoms in total. The van der Waals surface area contributed by atoms with E-state index in [1.54, 1.807) is 17.0 Å². The summed E-state index contributed by atoms with van der Waals surface area (Å²) in [4.78, 5) is 40.6. The van der Waals surface area contributed by atoms with Crippen LogP contribution in [0.1, 0.15) is 21.5 Å². The van der Waals surface area contributed by atoms with Gasteiger partial charge in [0.15, 0.2) is 0 Å². The molecule has 4 rings (SSSR count). The summed E-state index contributed by atoms with van der Waals surface area (Å²) >= 11 is 6.15. The van der Waals surface area contributed by atoms with Crippen molar-refractivity contribution in [1.29, 1.82) is 0 Å². The maximum absolute atomic E-state index is 12.7. The van der Waals surface area contributed by atoms with Gasteiger partial charge in [0.1, 0.15) is 10.7 Å². The summed E-state index contributed by atoms with van der Waals surface area (Å²) in [7, 11) is 0. The number of hydrogen-bond acceptors (Lipinski definition) is 5. The number of imide groups is 1. The van der Waals surface area contributed by atoms with Gasteiger partial charge in [-0.1, -0.05) is 54.1 Å². The third-order valence-corrected chi connectivity index (χ3v) is 5.61. The number of carbonyl (C=O) groups is 3. The van der Waals surface area contributed by atoms with E-state index < -0.39 is 11.8 Å². The molecule has 1 saturated heterocycles. The number of hydrogen-bond donors (Lipinski definition) is 1. The zero-order valence-corrected chi connectivity index (χ0v) is 17.6. The monoisotopic (exact) mass is 439 g/mol. The van der Waals surface area contributed by atoms with Gasteiger partial charge in [-0.05, 0) is 23.3 Å². The largest absolute Gasteiger partial charge is 0.378 e. The van der Waals surface area contributed by atoms with Crippen molar-refractivity contribution < 1.29 is 19.1 Å². The fraction of sp³-hybridized carbons (Fsp3) is 0.261. The molecule has 0 unspecified atom stereocenters. The second-order valence-electron chi connectivity index (χ2n) is 7.33. The molecule has 0 spiro atoms. The number of halogens is 1. The Balaban J connectivity index is 1.37. The first kappa shape index (κ1) is 21.1. The van der Waals surface area contributed by atoms with Gasteiger partial charge >= 0.3 is 0 Å². The molecule has 0 aliphatic carbocycles. The Morgan fingerprint density at radius 3 is 2.29 bits per heavy atom. The Kier molecular flexibility index (Phi) is 6.34. The van der Waals surface area contributed by atoms with Gasteiger partial charge in [0, 0.05) is 25.2 Å². The maximum Gasteiger partial charge on any atom is 0.278 e. The lowest BCUT2D eigenvalue weighted by Crippen LogP contribution is -2.40. The van der Waals surface area contributed by atoms with Gasteiger partial charge in [0.05, 0.1) is 19.8 Å². The normalized spacial score (nSPS) is 16.8. The topological polar surface area (TPSA) is 79.0 Å². The summed E-state index contributed by atoms with van der Waals surface area (Å²) < 4.78 is 5.28. The van der Waals surface area contributed by atoms with E-state index in [2.05, 4.69) is 5.32 Å². The number of amides is 3. The van der Waals surface area contributed by atoms with Crippen LogP contribution in [0.2, 0.25) is 0 Å². The van der Waals surface area contributed by atoms with E-state index in [0.29, 0.717) is 38.4 Å². The molecule has 2 aliphatic rings. The van der Waals surface area contributed by atoms with Crippen molar-refractivity contribution in [3.05, 3.63) is 82.0 Å². The fourth-order valence-corrected chi connectivity index (χ4v) is 3.76. The Morgan fingerprint density at radius 2 is 1.61 bits per heavy atom. The number of benzene rings is 2. The van der Waals surface area contributed by atoms with E-state index in [9.17, 15) is 14.4 Å². The van der Waals surface area contributed by atoms with Crippen molar-refractivity contribution >= 4 is 29.3 Å². The van der Waals surface area contributed by atoms with Crippen molar-refractivity contribution in [2.75, 3.05) is 26.3 Å². The SMILES string of the molecule is O=C(c1ccc(CNC2=C(Cl)C(=O)N(Cc3ccccc3)C2=O)cc1)N1CCOCC1. The predicted molar refractivity (Wildman–Crippen MR) is 115 cm³/mol. The predicted octanol–water partition coefficient (Wildman–Crippen LogP) is 2.27. The number of ether oxygens (including phenoxy) is 1. The third kappa shape index (κ3) is 4.62. The summed E-state index contributed by atoms with van der Waals surface area (Å²) in [6, 6.07) is 16.4. The number of morpholine rings is 1. The van der Waals surface area contributed by atoms with Gasteiger partial charge in [-0.25, -0.2) is 0 Å². The summed E-state index contributed by atoms with van der Waals surface area (Å²) in [6.45, 7) is 2.75. The Labute approximate surface area is 185 Å². The number of nitrogens with one attached hydrogen (secondary N) is 1. The molecule has 2 aromatic carbocycles. The van der Waals surface area contributed by atoms with Gasteiger partial charge in [0.2, 0.25) is 0 Å². The molecule has 2 aromatic rings. The molecule has 3 amide bonds. The lowest BCUT2D eigenvalue weighted by atomic mass is 10.1. The molecule has 8 heteroatoms. The average Bonchev–Trinajstić information content (AvgIpc) is 3.02. The Hall–Kier alpha value is -3.16. The molecule has 0 aromatic heterocycles. The fourth-order valence-electron chi connectivity index (χ4n) is 3.51. The minimum atomic E-state index is -0.510. The van der Waals surface area contributed by atoms with E-state index >= 15 is 0 Å². The maximum atomic E-state index is 12.7. The lowest BCUT2D eigenvalue weighted by Gasteiger charge is -2.26. The van der Waals surface area contributed by atoms with Crippen LogP contribution in [0.25, 0.3) is 0 Å². The third-order valence-electron chi connectivity index (χ3n) is 5.26. The zero-order chi connectivity index (χ0) is 21.8. The molecule has 0 atom stereocenters. The van der Waals surface area contributed by atoms with E-state index in [-0.39, 0.29) is 23.2 Å². The molecule has 0 bridgehead atoms. The highest BCUT2D eigenvalue weighted by Crippen LogP contribution is 2.24. The molecular formula is C23H22ClN3O4. The zero-order valence-electron chi connectivity index (χ0n) is 16.8. The van der Waals surface area contributed by atoms with Crippen LogP contribution in [-0.4, -0.2) is 53.8 Å². The van der Waals surface area contributed by atoms with Crippen LogP contribution >= 0.6 is 11.6 Å². The molecule has 0 saturated carbocycles. The Morgan fingerprint density at radius 1 is 0.935 bits per heavy atom. The van der Waals surface area contributed by atoms with Gasteiger partial charge in [0.25, 0.3) is 17.7 Å². The summed E-state index contributed by atoms with van der Waals surface area (Å²) in [5, 5.41) is 2.87. The van der Waals surface area contributed by atoms with Crippen molar-refractivity contribution in [3.63, 3.8) is 0 Å². The minimum Gasteiger partial charge on any atom is -0.378 e. The molecule has 1 fully saturated rings. The van der Waals surface area contributed by atoms with Crippen LogP contribution in [0.5, 0.6) is 0 Å². The smallest absolute Gasteiger partial charge is 0.278 e. The molecule has 2 aliphatic heterocycles. The van der Waals surface area contributed by atoms with Crippen molar-refractivity contribution in [2.24, 2.45) is 0 Å². The second kappa shape index (κ2) is 9.32. The number of rotatable bonds is 6. The highest BCUT2D eigenvalue weighted by Gasteiger charge is 2.37. The highest BCUT2D eigenvalue weighted by molar-refractivity contribution is 6.47. The van der Waals surface area contributed by atoms with Gasteiger partial charge in [-0.2, -0.15) is 0 Å². The van der Waals surface area contributed by atoms with Crippen LogP contribution in [0.3, 0.4) is 0 Å². The molecule has 160 valence electrons. The summed E-state index contributed by atoms with van der Waals surface area (Å²) in [5.74, 6) is -0.982. The van der Waals surface area contributed by atoms with E-state index in [0.717, 1.165) is 16.0 Å². The quantitative estimate of drug-likeness (QED) is 0.698. The van der Waals surface area contributed by atoms with Crippen molar-refractivity contribution in [2.45, 2.75) is 13.1 Å². The van der Waals surface area contributed by atoms with Crippen molar-refractivity contribution in [1.82, 2.24) is 15.1 Å². The molecule has 31 heavy (non-hydrogen) atoms. The Bertz CT molecular complexity index is 1010. The van der Waals surface area contributed by atoms with Crippen LogP contribution in [0, 0.1) is 0 Å². The first-order chi connectivity index (χ1) is 15.0. The minimum absolute atomic E-state index is 0.0262. The summed E-state index contributed by atoms with van der Waals surface area (Å²) in [6.07, 6.45) is 0. The van der Waals surface area contributed by atoms with Crippen LogP contribution < -0.4 is 5.32 Å². The standard InChI is InChI=1S/C23H22ClN3O4/c24-19-20(23(30)27(22(19)29)15-17-4-2-1-3-5-17)25-14-16-6-8-18(9-7-16)21(28)26-10-12-31-13-11-26/h1-9,25H,10-15H2. The van der Waals surface area contributed by atoms with Crippen LogP contribution in [-0.2, 0) is 27.4 Å². The van der Waals surface area contributed by atoms with Gasteiger partial charge in [-0.15, -0.1) is 0 Å². The molecular weight excluding hydrogens is 418 g/mol. The number of nitrogens with zero attached hydrogens (tertiary/aromatic N) is 2. The molecule has 0 radical (unpaired) electrons. The summed E-state index contributed by atoms with van der Waals surface area (Å²) in [5.41, 5.74) is 2.40. The average molecular weight is 440 g/mol. The first-order valence-corrected chi connectivity index (χ1v) is 10.4. The van der Waals surface area contributed by atoms with Gasteiger partial charge < -0.3 is 15.0 Å². The molecule has 2 heterocycles. The van der Waals surface area contributed by atoms with Crippen molar-refractivity contribution in [3.8, 4) is 0 Å². The van der Waals surface area contributed by atoms with E-state index in [4.69, 9.17) is 16.3 Å². The second-order valence-corrected chi connectivity index (χ2v) is 7.70. The highest BCUT2D eigenvalue weighted by atomic mass is 35.5. The van der Waals surface area contributed by atoms with Gasteiger partial charge in [-0.3, -0.25) is 19.3 Å². The van der Waals surface area contributed by atoms with Crippen LogP contribution in [0.15, 0.2) is 65.3 Å². The lowest BCUT2D eigenvalue weighted by molar-refractivity contribution is -0.138. The molecule has 1 N–H and O–H groups in total. The van der Waals surface area contributed by atoms with E-state index in [1.807, 2.05) is 42.5 Å². The first-order valence-electron chi connectivity index (χ1n) is 10.0. The number of carbonyl (C=O) groups excluding carboxylic acids is 3. The van der Waals surface area contributed by atoms with Crippen LogP contribution in [0.4, 0.5) is 0 Å².